The van der Waals surface area contributed by atoms with E-state index < -0.39 is 0 Å². The molecule has 1 aromatic heterocycles. The van der Waals surface area contributed by atoms with E-state index in [0.717, 1.165) is 24.1 Å². The number of rotatable bonds is 5. The van der Waals surface area contributed by atoms with Crippen molar-refractivity contribution in [2.75, 3.05) is 6.54 Å². The molecule has 0 fully saturated rings. The van der Waals surface area contributed by atoms with Crippen molar-refractivity contribution in [1.29, 1.82) is 0 Å². The Balaban J connectivity index is 2.27. The second-order valence-electron chi connectivity index (χ2n) is 4.22. The van der Waals surface area contributed by atoms with Gasteiger partial charge in [-0.15, -0.1) is 0 Å². The Labute approximate surface area is 107 Å². The van der Waals surface area contributed by atoms with Gasteiger partial charge < -0.3 is 5.32 Å². The number of benzene rings is 1. The number of nitrogens with zero attached hydrogens (tertiary/aromatic N) is 1. The van der Waals surface area contributed by atoms with Crippen LogP contribution in [0.5, 0.6) is 0 Å². The molecule has 0 aliphatic heterocycles. The lowest BCUT2D eigenvalue weighted by atomic mass is 9.99. The summed E-state index contributed by atoms with van der Waals surface area (Å²) in [5, 5.41) is 3.47. The minimum Gasteiger partial charge on any atom is -0.306 e. The van der Waals surface area contributed by atoms with Gasteiger partial charge in [-0.05, 0) is 48.4 Å². The van der Waals surface area contributed by atoms with Crippen LogP contribution in [-0.2, 0) is 0 Å². The molecule has 3 heteroatoms. The van der Waals surface area contributed by atoms with Crippen molar-refractivity contribution in [2.24, 2.45) is 0 Å². The van der Waals surface area contributed by atoms with Gasteiger partial charge in [-0.3, -0.25) is 4.98 Å². The quantitative estimate of drug-likeness (QED) is 0.872. The number of nitrogens with one attached hydrogen (secondary N) is 1. The van der Waals surface area contributed by atoms with Crippen LogP contribution in [0.15, 0.2) is 48.8 Å². The Morgan fingerprint density at radius 1 is 1.06 bits per heavy atom. The molecule has 0 saturated heterocycles. The summed E-state index contributed by atoms with van der Waals surface area (Å²) in [5.74, 6) is -0.206. The van der Waals surface area contributed by atoms with Gasteiger partial charge in [0.05, 0.1) is 6.04 Å². The van der Waals surface area contributed by atoms with Gasteiger partial charge in [0, 0.05) is 12.4 Å². The van der Waals surface area contributed by atoms with Crippen molar-refractivity contribution in [2.45, 2.75) is 19.4 Å². The van der Waals surface area contributed by atoms with Crippen molar-refractivity contribution in [3.8, 4) is 0 Å². The third-order valence-electron chi connectivity index (χ3n) is 2.84. The lowest BCUT2D eigenvalue weighted by Crippen LogP contribution is -2.23. The average Bonchev–Trinajstić information content (AvgIpc) is 2.42. The fraction of sp³-hybridized carbons (Fsp3) is 0.267. The molecule has 0 aliphatic carbocycles. The normalized spacial score (nSPS) is 12.3. The van der Waals surface area contributed by atoms with Crippen LogP contribution in [-0.4, -0.2) is 11.5 Å². The zero-order valence-electron chi connectivity index (χ0n) is 10.4. The fourth-order valence-corrected chi connectivity index (χ4v) is 1.93. The predicted octanol–water partition coefficient (Wildman–Crippen LogP) is 3.31. The van der Waals surface area contributed by atoms with E-state index in [2.05, 4.69) is 17.2 Å². The van der Waals surface area contributed by atoms with E-state index in [-0.39, 0.29) is 11.9 Å². The van der Waals surface area contributed by atoms with Crippen molar-refractivity contribution in [1.82, 2.24) is 10.3 Å². The summed E-state index contributed by atoms with van der Waals surface area (Å²) >= 11 is 0. The Kier molecular flexibility index (Phi) is 4.42. The van der Waals surface area contributed by atoms with Crippen LogP contribution >= 0.6 is 0 Å². The predicted molar refractivity (Wildman–Crippen MR) is 70.8 cm³/mol. The summed E-state index contributed by atoms with van der Waals surface area (Å²) < 4.78 is 13.0. The minimum absolute atomic E-state index is 0.0912. The SMILES string of the molecule is CCCNC(c1ccncc1)c1ccc(F)cc1. The molecule has 0 saturated carbocycles. The number of pyridine rings is 1. The highest BCUT2D eigenvalue weighted by atomic mass is 19.1. The maximum absolute atomic E-state index is 13.0. The first-order valence-corrected chi connectivity index (χ1v) is 6.20. The Bertz CT molecular complexity index is 468. The lowest BCUT2D eigenvalue weighted by molar-refractivity contribution is 0.592. The summed E-state index contributed by atoms with van der Waals surface area (Å²) in [7, 11) is 0. The number of aromatic nitrogens is 1. The molecule has 1 atom stereocenters. The van der Waals surface area contributed by atoms with E-state index in [1.54, 1.807) is 12.4 Å². The highest BCUT2D eigenvalue weighted by Crippen LogP contribution is 2.21. The van der Waals surface area contributed by atoms with Crippen LogP contribution in [0, 0.1) is 5.82 Å². The first-order valence-electron chi connectivity index (χ1n) is 6.20. The van der Waals surface area contributed by atoms with Gasteiger partial charge in [0.2, 0.25) is 0 Å². The highest BCUT2D eigenvalue weighted by Gasteiger charge is 2.12. The van der Waals surface area contributed by atoms with Gasteiger partial charge in [-0.2, -0.15) is 0 Å². The molecule has 0 amide bonds. The summed E-state index contributed by atoms with van der Waals surface area (Å²) in [6.45, 7) is 3.05. The maximum Gasteiger partial charge on any atom is 0.123 e. The van der Waals surface area contributed by atoms with Crippen molar-refractivity contribution in [3.05, 3.63) is 65.7 Å². The van der Waals surface area contributed by atoms with E-state index in [9.17, 15) is 4.39 Å². The molecule has 2 aromatic rings. The van der Waals surface area contributed by atoms with E-state index in [1.807, 2.05) is 24.3 Å². The zero-order valence-corrected chi connectivity index (χ0v) is 10.4. The van der Waals surface area contributed by atoms with Crippen molar-refractivity contribution >= 4 is 0 Å². The van der Waals surface area contributed by atoms with E-state index in [1.165, 1.54) is 12.1 Å². The number of hydrogen-bond donors (Lipinski definition) is 1. The van der Waals surface area contributed by atoms with Gasteiger partial charge in [-0.25, -0.2) is 4.39 Å². The van der Waals surface area contributed by atoms with E-state index in [0.29, 0.717) is 0 Å². The molecule has 1 heterocycles. The third-order valence-corrected chi connectivity index (χ3v) is 2.84. The van der Waals surface area contributed by atoms with Crippen LogP contribution in [0.25, 0.3) is 0 Å². The van der Waals surface area contributed by atoms with Gasteiger partial charge >= 0.3 is 0 Å². The van der Waals surface area contributed by atoms with Gasteiger partial charge in [0.15, 0.2) is 0 Å². The molecule has 2 nitrogen and oxygen atoms in total. The molecule has 94 valence electrons. The van der Waals surface area contributed by atoms with Crippen LogP contribution < -0.4 is 5.32 Å². The number of hydrogen-bond acceptors (Lipinski definition) is 2. The van der Waals surface area contributed by atoms with Gasteiger partial charge in [0.1, 0.15) is 5.82 Å². The Hall–Kier alpha value is -1.74. The smallest absolute Gasteiger partial charge is 0.123 e. The van der Waals surface area contributed by atoms with Crippen LogP contribution in [0.4, 0.5) is 4.39 Å². The second kappa shape index (κ2) is 6.26. The standard InChI is InChI=1S/C15H17FN2/c1-2-9-18-15(13-7-10-17-11-8-13)12-3-5-14(16)6-4-12/h3-8,10-11,15,18H,2,9H2,1H3. The Morgan fingerprint density at radius 2 is 1.67 bits per heavy atom. The highest BCUT2D eigenvalue weighted by molar-refractivity contribution is 5.30. The molecule has 1 aromatic carbocycles. The zero-order chi connectivity index (χ0) is 12.8. The largest absolute Gasteiger partial charge is 0.306 e. The molecule has 0 radical (unpaired) electrons. The third kappa shape index (κ3) is 3.14. The molecule has 0 aliphatic rings. The van der Waals surface area contributed by atoms with Crippen LogP contribution in [0.1, 0.15) is 30.5 Å². The summed E-state index contributed by atoms with van der Waals surface area (Å²) in [6.07, 6.45) is 4.61. The molecular formula is C15H17FN2. The fourth-order valence-electron chi connectivity index (χ4n) is 1.93. The van der Waals surface area contributed by atoms with Crippen LogP contribution in [0.2, 0.25) is 0 Å². The first-order chi connectivity index (χ1) is 8.81. The maximum atomic E-state index is 13.0. The molecule has 1 N–H and O–H groups in total. The van der Waals surface area contributed by atoms with Crippen molar-refractivity contribution < 1.29 is 4.39 Å². The summed E-state index contributed by atoms with van der Waals surface area (Å²) in [5.41, 5.74) is 2.21. The molecule has 1 unspecified atom stereocenters. The van der Waals surface area contributed by atoms with Gasteiger partial charge in [0.25, 0.3) is 0 Å². The van der Waals surface area contributed by atoms with Crippen molar-refractivity contribution in [3.63, 3.8) is 0 Å². The molecule has 0 bridgehead atoms. The van der Waals surface area contributed by atoms with Crippen LogP contribution in [0.3, 0.4) is 0 Å². The molecular weight excluding hydrogens is 227 g/mol. The second-order valence-corrected chi connectivity index (χ2v) is 4.22. The number of halogens is 1. The Morgan fingerprint density at radius 3 is 2.28 bits per heavy atom. The van der Waals surface area contributed by atoms with E-state index in [4.69, 9.17) is 0 Å². The van der Waals surface area contributed by atoms with E-state index >= 15 is 0 Å². The van der Waals surface area contributed by atoms with Gasteiger partial charge in [-0.1, -0.05) is 19.1 Å². The monoisotopic (exact) mass is 244 g/mol. The lowest BCUT2D eigenvalue weighted by Gasteiger charge is -2.19. The molecule has 2 rings (SSSR count). The molecule has 18 heavy (non-hydrogen) atoms. The minimum atomic E-state index is -0.206. The molecule has 0 spiro atoms. The topological polar surface area (TPSA) is 24.9 Å². The summed E-state index contributed by atoms with van der Waals surface area (Å²) in [6, 6.07) is 10.7. The summed E-state index contributed by atoms with van der Waals surface area (Å²) in [4.78, 5) is 4.03. The average molecular weight is 244 g/mol. The first kappa shape index (κ1) is 12.7.